The lowest BCUT2D eigenvalue weighted by atomic mass is 9.98. The average molecular weight is 243 g/mol. The number of aryl methyl sites for hydroxylation is 2. The molecule has 2 aromatic rings. The Balaban J connectivity index is 2.18. The molecule has 3 nitrogen and oxygen atoms in total. The third-order valence-electron chi connectivity index (χ3n) is 3.14. The Labute approximate surface area is 109 Å². The molecule has 0 amide bonds. The molecule has 2 rings (SSSR count). The van der Waals surface area contributed by atoms with E-state index in [0.717, 1.165) is 18.1 Å². The van der Waals surface area contributed by atoms with E-state index in [1.54, 1.807) is 0 Å². The minimum absolute atomic E-state index is 0.524. The predicted molar refractivity (Wildman–Crippen MR) is 75.9 cm³/mol. The van der Waals surface area contributed by atoms with Gasteiger partial charge in [-0.05, 0) is 30.9 Å². The lowest BCUT2D eigenvalue weighted by Crippen LogP contribution is -2.05. The molecule has 0 radical (unpaired) electrons. The van der Waals surface area contributed by atoms with Crippen LogP contribution in [0.15, 0.2) is 24.4 Å². The summed E-state index contributed by atoms with van der Waals surface area (Å²) in [6.07, 6.45) is 1.88. The zero-order valence-electron chi connectivity index (χ0n) is 11.5. The van der Waals surface area contributed by atoms with Crippen molar-refractivity contribution in [3.05, 3.63) is 47.0 Å². The Bertz CT molecular complexity index is 526. The zero-order valence-corrected chi connectivity index (χ0v) is 11.5. The van der Waals surface area contributed by atoms with Crippen molar-refractivity contribution in [1.82, 2.24) is 9.97 Å². The third kappa shape index (κ3) is 2.73. The molecule has 3 heteroatoms. The molecule has 1 aromatic heterocycles. The largest absolute Gasteiger partial charge is 0.379 e. The number of imidazole rings is 1. The Morgan fingerprint density at radius 3 is 2.67 bits per heavy atom. The Morgan fingerprint density at radius 2 is 2.06 bits per heavy atom. The fourth-order valence-electron chi connectivity index (χ4n) is 2.16. The van der Waals surface area contributed by atoms with Crippen LogP contribution in [0.2, 0.25) is 0 Å². The highest BCUT2D eigenvalue weighted by atomic mass is 15.0. The van der Waals surface area contributed by atoms with E-state index in [1.165, 1.54) is 16.8 Å². The standard InChI is InChI=1S/C15H21N3/c1-10(2)14-7-5-6-11(3)15(14)17-9-13-8-16-12(4)18-13/h5-8,10,17H,9H2,1-4H3,(H,16,18). The van der Waals surface area contributed by atoms with Gasteiger partial charge in [-0.25, -0.2) is 4.98 Å². The van der Waals surface area contributed by atoms with Crippen molar-refractivity contribution in [2.75, 3.05) is 5.32 Å². The number of rotatable bonds is 4. The lowest BCUT2D eigenvalue weighted by molar-refractivity contribution is 0.862. The van der Waals surface area contributed by atoms with Crippen LogP contribution in [0, 0.1) is 13.8 Å². The highest BCUT2D eigenvalue weighted by Crippen LogP contribution is 2.27. The molecule has 0 fully saturated rings. The van der Waals surface area contributed by atoms with Crippen LogP contribution in [0.5, 0.6) is 0 Å². The molecular formula is C15H21N3. The number of nitrogens with one attached hydrogen (secondary N) is 2. The molecule has 0 aliphatic heterocycles. The van der Waals surface area contributed by atoms with Gasteiger partial charge in [0, 0.05) is 5.69 Å². The monoisotopic (exact) mass is 243 g/mol. The molecule has 0 spiro atoms. The molecule has 0 bridgehead atoms. The van der Waals surface area contributed by atoms with Crippen molar-refractivity contribution in [2.24, 2.45) is 0 Å². The van der Waals surface area contributed by atoms with Crippen LogP contribution >= 0.6 is 0 Å². The van der Waals surface area contributed by atoms with Gasteiger partial charge >= 0.3 is 0 Å². The Kier molecular flexibility index (Phi) is 3.70. The SMILES string of the molecule is Cc1ncc(CNc2c(C)cccc2C(C)C)[nH]1. The number of anilines is 1. The smallest absolute Gasteiger partial charge is 0.103 e. The van der Waals surface area contributed by atoms with Crippen molar-refractivity contribution in [3.63, 3.8) is 0 Å². The molecular weight excluding hydrogens is 222 g/mol. The first-order chi connectivity index (χ1) is 8.58. The highest BCUT2D eigenvalue weighted by molar-refractivity contribution is 5.58. The molecule has 0 atom stereocenters. The molecule has 0 saturated carbocycles. The number of benzene rings is 1. The fourth-order valence-corrected chi connectivity index (χ4v) is 2.16. The molecule has 0 aliphatic carbocycles. The molecule has 1 heterocycles. The van der Waals surface area contributed by atoms with Gasteiger partial charge in [0.25, 0.3) is 0 Å². The first kappa shape index (κ1) is 12.7. The quantitative estimate of drug-likeness (QED) is 0.858. The maximum absolute atomic E-state index is 4.21. The third-order valence-corrected chi connectivity index (χ3v) is 3.14. The van der Waals surface area contributed by atoms with Crippen LogP contribution in [0.4, 0.5) is 5.69 Å². The van der Waals surface area contributed by atoms with E-state index in [9.17, 15) is 0 Å². The first-order valence-corrected chi connectivity index (χ1v) is 6.41. The number of aromatic amines is 1. The lowest BCUT2D eigenvalue weighted by Gasteiger charge is -2.16. The second kappa shape index (κ2) is 5.25. The molecule has 1 aromatic carbocycles. The van der Waals surface area contributed by atoms with Crippen LogP contribution in [0.25, 0.3) is 0 Å². The molecule has 18 heavy (non-hydrogen) atoms. The summed E-state index contributed by atoms with van der Waals surface area (Å²) in [4.78, 5) is 7.45. The van der Waals surface area contributed by atoms with Crippen LogP contribution in [0.1, 0.15) is 42.4 Å². The van der Waals surface area contributed by atoms with Gasteiger partial charge in [-0.2, -0.15) is 0 Å². The maximum Gasteiger partial charge on any atom is 0.103 e. The minimum Gasteiger partial charge on any atom is -0.379 e. The summed E-state index contributed by atoms with van der Waals surface area (Å²) in [5.74, 6) is 1.48. The van der Waals surface area contributed by atoms with Gasteiger partial charge in [0.15, 0.2) is 0 Å². The summed E-state index contributed by atoms with van der Waals surface area (Å²) < 4.78 is 0. The van der Waals surface area contributed by atoms with Gasteiger partial charge in [-0.1, -0.05) is 32.0 Å². The van der Waals surface area contributed by atoms with E-state index in [1.807, 2.05) is 13.1 Å². The highest BCUT2D eigenvalue weighted by Gasteiger charge is 2.08. The molecule has 0 unspecified atom stereocenters. The number of para-hydroxylation sites is 1. The van der Waals surface area contributed by atoms with Crippen molar-refractivity contribution in [2.45, 2.75) is 40.2 Å². The van der Waals surface area contributed by atoms with E-state index in [2.05, 4.69) is 54.3 Å². The molecule has 0 saturated heterocycles. The van der Waals surface area contributed by atoms with E-state index < -0.39 is 0 Å². The summed E-state index contributed by atoms with van der Waals surface area (Å²) >= 11 is 0. The normalized spacial score (nSPS) is 10.9. The number of aromatic nitrogens is 2. The van der Waals surface area contributed by atoms with E-state index in [4.69, 9.17) is 0 Å². The number of H-pyrrole nitrogens is 1. The summed E-state index contributed by atoms with van der Waals surface area (Å²) in [6.45, 7) is 9.34. The molecule has 96 valence electrons. The van der Waals surface area contributed by atoms with E-state index in [-0.39, 0.29) is 0 Å². The van der Waals surface area contributed by atoms with Gasteiger partial charge < -0.3 is 10.3 Å². The summed E-state index contributed by atoms with van der Waals surface area (Å²) in [5.41, 5.74) is 5.02. The Morgan fingerprint density at radius 1 is 1.28 bits per heavy atom. The van der Waals surface area contributed by atoms with Gasteiger partial charge in [-0.15, -0.1) is 0 Å². The number of hydrogen-bond donors (Lipinski definition) is 2. The number of nitrogens with zero attached hydrogens (tertiary/aromatic N) is 1. The second-order valence-electron chi connectivity index (χ2n) is 5.04. The van der Waals surface area contributed by atoms with Crippen molar-refractivity contribution in [1.29, 1.82) is 0 Å². The fraction of sp³-hybridized carbons (Fsp3) is 0.400. The summed E-state index contributed by atoms with van der Waals surface area (Å²) in [6, 6.07) is 6.46. The van der Waals surface area contributed by atoms with Gasteiger partial charge in [0.2, 0.25) is 0 Å². The maximum atomic E-state index is 4.21. The van der Waals surface area contributed by atoms with Crippen LogP contribution < -0.4 is 5.32 Å². The van der Waals surface area contributed by atoms with E-state index in [0.29, 0.717) is 5.92 Å². The predicted octanol–water partition coefficient (Wildman–Crippen LogP) is 3.76. The first-order valence-electron chi connectivity index (χ1n) is 6.41. The van der Waals surface area contributed by atoms with Crippen LogP contribution in [-0.2, 0) is 6.54 Å². The van der Waals surface area contributed by atoms with Gasteiger partial charge in [0.1, 0.15) is 5.82 Å². The summed E-state index contributed by atoms with van der Waals surface area (Å²) in [7, 11) is 0. The van der Waals surface area contributed by atoms with E-state index >= 15 is 0 Å². The van der Waals surface area contributed by atoms with Crippen molar-refractivity contribution < 1.29 is 0 Å². The number of hydrogen-bond acceptors (Lipinski definition) is 2. The minimum atomic E-state index is 0.524. The Hall–Kier alpha value is -1.77. The molecule has 0 aliphatic rings. The van der Waals surface area contributed by atoms with Gasteiger partial charge in [0.05, 0.1) is 18.4 Å². The second-order valence-corrected chi connectivity index (χ2v) is 5.04. The topological polar surface area (TPSA) is 40.7 Å². The molecule has 2 N–H and O–H groups in total. The van der Waals surface area contributed by atoms with Crippen molar-refractivity contribution >= 4 is 5.69 Å². The van der Waals surface area contributed by atoms with Crippen LogP contribution in [0.3, 0.4) is 0 Å². The average Bonchev–Trinajstić information content (AvgIpc) is 2.73. The van der Waals surface area contributed by atoms with Crippen molar-refractivity contribution in [3.8, 4) is 0 Å². The van der Waals surface area contributed by atoms with Crippen LogP contribution in [-0.4, -0.2) is 9.97 Å². The van der Waals surface area contributed by atoms with Gasteiger partial charge in [-0.3, -0.25) is 0 Å². The zero-order chi connectivity index (χ0) is 13.1. The summed E-state index contributed by atoms with van der Waals surface area (Å²) in [5, 5.41) is 3.52.